The molecule has 0 aromatic carbocycles. The highest BCUT2D eigenvalue weighted by atomic mass is 16.7. The molecular formula is C25H50O10. The van der Waals surface area contributed by atoms with Gasteiger partial charge in [0.15, 0.2) is 6.29 Å². The molecule has 0 radical (unpaired) electrons. The lowest BCUT2D eigenvalue weighted by atomic mass is 10.1. The van der Waals surface area contributed by atoms with Crippen LogP contribution < -0.4 is 0 Å². The van der Waals surface area contributed by atoms with Gasteiger partial charge >= 0.3 is 5.97 Å². The molecule has 0 aliphatic heterocycles. The van der Waals surface area contributed by atoms with Crippen molar-refractivity contribution in [1.82, 2.24) is 0 Å². The van der Waals surface area contributed by atoms with Gasteiger partial charge in [-0.05, 0) is 39.5 Å². The molecule has 0 bridgehead atoms. The minimum atomic E-state index is -0.780. The van der Waals surface area contributed by atoms with Gasteiger partial charge in [0.05, 0.1) is 65.1 Å². The Morgan fingerprint density at radius 2 is 1.26 bits per heavy atom. The Balaban J connectivity index is 4.80. The van der Waals surface area contributed by atoms with Crippen LogP contribution in [0.15, 0.2) is 0 Å². The third-order valence-corrected chi connectivity index (χ3v) is 5.11. The molecule has 0 aliphatic rings. The number of carboxylic acids is 1. The van der Waals surface area contributed by atoms with E-state index in [1.807, 2.05) is 20.8 Å². The van der Waals surface area contributed by atoms with Crippen molar-refractivity contribution in [3.63, 3.8) is 0 Å². The van der Waals surface area contributed by atoms with E-state index in [2.05, 4.69) is 0 Å². The number of unbranched alkanes of at least 4 members (excludes halogenated alkanes) is 2. The maximum Gasteiger partial charge on any atom is 0.303 e. The Bertz CT molecular complexity index is 452. The van der Waals surface area contributed by atoms with Crippen LogP contribution in [0.2, 0.25) is 0 Å². The lowest BCUT2D eigenvalue weighted by Crippen LogP contribution is -2.31. The normalized spacial score (nSPS) is 14.2. The summed E-state index contributed by atoms with van der Waals surface area (Å²) >= 11 is 0. The van der Waals surface area contributed by atoms with E-state index in [1.54, 1.807) is 0 Å². The van der Waals surface area contributed by atoms with Crippen LogP contribution >= 0.6 is 0 Å². The second-order valence-electron chi connectivity index (χ2n) is 7.97. The van der Waals surface area contributed by atoms with Gasteiger partial charge in [-0.2, -0.15) is 0 Å². The van der Waals surface area contributed by atoms with Crippen LogP contribution in [0, 0.1) is 0 Å². The van der Waals surface area contributed by atoms with Crippen molar-refractivity contribution in [2.45, 2.75) is 84.2 Å². The summed E-state index contributed by atoms with van der Waals surface area (Å²) in [5, 5.41) is 17.9. The summed E-state index contributed by atoms with van der Waals surface area (Å²) < 4.78 is 40.0. The zero-order valence-corrected chi connectivity index (χ0v) is 22.1. The quantitative estimate of drug-likeness (QED) is 0.120. The Kier molecular flexibility index (Phi) is 25.6. The van der Waals surface area contributed by atoms with E-state index in [0.29, 0.717) is 78.7 Å². The summed E-state index contributed by atoms with van der Waals surface area (Å²) in [5.74, 6) is -0.780. The standard InChI is InChI=1S/C25H50O10/c1-4-22(32-13-11-26)20-23(33-18-16-30-6-3)21-25(34-12-9-7-8-10-24(27)28)35-19-17-31-15-14-29-5-2/h22-23,25-26H,4-21H2,1-3H3,(H,27,28). The number of ether oxygens (including phenoxy) is 7. The zero-order valence-electron chi connectivity index (χ0n) is 22.1. The minimum Gasteiger partial charge on any atom is -0.481 e. The Hall–Kier alpha value is -0.850. The monoisotopic (exact) mass is 510 g/mol. The highest BCUT2D eigenvalue weighted by Gasteiger charge is 2.22. The van der Waals surface area contributed by atoms with E-state index in [-0.39, 0.29) is 31.8 Å². The fraction of sp³-hybridized carbons (Fsp3) is 0.960. The van der Waals surface area contributed by atoms with E-state index in [1.165, 1.54) is 0 Å². The molecule has 0 saturated heterocycles. The topological polar surface area (TPSA) is 122 Å². The van der Waals surface area contributed by atoms with Crippen molar-refractivity contribution in [3.05, 3.63) is 0 Å². The maximum absolute atomic E-state index is 10.7. The minimum absolute atomic E-state index is 0.0214. The van der Waals surface area contributed by atoms with Crippen molar-refractivity contribution in [2.24, 2.45) is 0 Å². The number of carbonyl (C=O) groups is 1. The number of aliphatic carboxylic acids is 1. The molecule has 10 nitrogen and oxygen atoms in total. The van der Waals surface area contributed by atoms with E-state index in [4.69, 9.17) is 43.4 Å². The van der Waals surface area contributed by atoms with E-state index >= 15 is 0 Å². The third-order valence-electron chi connectivity index (χ3n) is 5.11. The van der Waals surface area contributed by atoms with Crippen LogP contribution in [0.3, 0.4) is 0 Å². The second kappa shape index (κ2) is 26.2. The smallest absolute Gasteiger partial charge is 0.303 e. The average Bonchev–Trinajstić information content (AvgIpc) is 2.85. The van der Waals surface area contributed by atoms with Crippen LogP contribution in [-0.2, 0) is 38.0 Å². The van der Waals surface area contributed by atoms with Crippen molar-refractivity contribution >= 4 is 5.97 Å². The fourth-order valence-electron chi connectivity index (χ4n) is 3.29. The van der Waals surface area contributed by atoms with Crippen molar-refractivity contribution in [3.8, 4) is 0 Å². The molecule has 0 saturated carbocycles. The maximum atomic E-state index is 10.7. The molecule has 0 rings (SSSR count). The molecule has 0 amide bonds. The SMILES string of the molecule is CCOCCOCCOC(CC(CC(CC)OCCO)OCCOCC)OCCCCCC(=O)O. The summed E-state index contributed by atoms with van der Waals surface area (Å²) in [6, 6.07) is 0. The van der Waals surface area contributed by atoms with Gasteiger partial charge in [0.2, 0.25) is 0 Å². The number of aliphatic hydroxyl groups is 1. The van der Waals surface area contributed by atoms with Gasteiger partial charge < -0.3 is 43.4 Å². The van der Waals surface area contributed by atoms with Crippen LogP contribution in [0.4, 0.5) is 0 Å². The molecule has 0 aromatic rings. The molecule has 0 aliphatic carbocycles. The van der Waals surface area contributed by atoms with Gasteiger partial charge in [0.25, 0.3) is 0 Å². The molecule has 0 aromatic heterocycles. The van der Waals surface area contributed by atoms with Crippen molar-refractivity contribution < 1.29 is 48.2 Å². The second-order valence-corrected chi connectivity index (χ2v) is 7.97. The predicted octanol–water partition coefficient (Wildman–Crippen LogP) is 3.03. The summed E-state index contributed by atoms with van der Waals surface area (Å²) in [4.78, 5) is 10.7. The molecule has 0 spiro atoms. The summed E-state index contributed by atoms with van der Waals surface area (Å²) in [7, 11) is 0. The zero-order chi connectivity index (χ0) is 26.0. The van der Waals surface area contributed by atoms with Gasteiger partial charge in [0, 0.05) is 32.7 Å². The Morgan fingerprint density at radius 3 is 1.91 bits per heavy atom. The number of aliphatic hydroxyl groups excluding tert-OH is 1. The number of carboxylic acid groups (broad SMARTS) is 1. The molecule has 0 heterocycles. The molecule has 2 N–H and O–H groups in total. The molecule has 35 heavy (non-hydrogen) atoms. The van der Waals surface area contributed by atoms with Crippen LogP contribution in [0.1, 0.15) is 65.7 Å². The predicted molar refractivity (Wildman–Crippen MR) is 132 cm³/mol. The number of hydrogen-bond donors (Lipinski definition) is 2. The first-order valence-corrected chi connectivity index (χ1v) is 13.1. The molecular weight excluding hydrogens is 460 g/mol. The van der Waals surface area contributed by atoms with Crippen molar-refractivity contribution in [1.29, 1.82) is 0 Å². The van der Waals surface area contributed by atoms with Gasteiger partial charge in [-0.1, -0.05) is 13.3 Å². The molecule has 0 fully saturated rings. The Labute approximate surface area is 211 Å². The largest absolute Gasteiger partial charge is 0.481 e. The highest BCUT2D eigenvalue weighted by molar-refractivity contribution is 5.66. The first kappa shape index (κ1) is 34.1. The first-order valence-electron chi connectivity index (χ1n) is 13.1. The number of rotatable bonds is 28. The first-order chi connectivity index (χ1) is 17.1. The van der Waals surface area contributed by atoms with Gasteiger partial charge in [-0.15, -0.1) is 0 Å². The number of hydrogen-bond acceptors (Lipinski definition) is 9. The van der Waals surface area contributed by atoms with E-state index < -0.39 is 12.3 Å². The molecule has 10 heteroatoms. The lowest BCUT2D eigenvalue weighted by Gasteiger charge is -2.27. The molecule has 3 unspecified atom stereocenters. The summed E-state index contributed by atoms with van der Waals surface area (Å²) in [5.41, 5.74) is 0. The third kappa shape index (κ3) is 23.3. The van der Waals surface area contributed by atoms with Crippen LogP contribution in [-0.4, -0.2) is 107 Å². The summed E-state index contributed by atoms with van der Waals surface area (Å²) in [6.45, 7) is 10.8. The van der Waals surface area contributed by atoms with Gasteiger partial charge in [-0.3, -0.25) is 4.79 Å². The molecule has 210 valence electrons. The molecule has 3 atom stereocenters. The van der Waals surface area contributed by atoms with Gasteiger partial charge in [0.1, 0.15) is 0 Å². The van der Waals surface area contributed by atoms with Crippen LogP contribution in [0.25, 0.3) is 0 Å². The average molecular weight is 511 g/mol. The van der Waals surface area contributed by atoms with E-state index in [9.17, 15) is 4.79 Å². The van der Waals surface area contributed by atoms with Crippen LogP contribution in [0.5, 0.6) is 0 Å². The lowest BCUT2D eigenvalue weighted by molar-refractivity contribution is -0.175. The summed E-state index contributed by atoms with van der Waals surface area (Å²) in [6.07, 6.45) is 3.59. The van der Waals surface area contributed by atoms with E-state index in [0.717, 1.165) is 19.3 Å². The highest BCUT2D eigenvalue weighted by Crippen LogP contribution is 2.18. The fourth-order valence-corrected chi connectivity index (χ4v) is 3.29. The Morgan fingerprint density at radius 1 is 0.657 bits per heavy atom. The van der Waals surface area contributed by atoms with Gasteiger partial charge in [-0.25, -0.2) is 0 Å². The van der Waals surface area contributed by atoms with Crippen molar-refractivity contribution in [2.75, 3.05) is 72.7 Å².